The Bertz CT molecular complexity index is 1480. The molecule has 0 N–H and O–H groups in total. The molecular weight excluding hydrogens is 530 g/mol. The Labute approximate surface area is 206 Å². The predicted octanol–water partition coefficient (Wildman–Crippen LogP) is 5.96. The van der Waals surface area contributed by atoms with Crippen molar-refractivity contribution >= 4 is 59.7 Å². The van der Waals surface area contributed by atoms with E-state index in [-0.39, 0.29) is 0 Å². The molecule has 2 heteroatoms. The summed E-state index contributed by atoms with van der Waals surface area (Å²) in [4.78, 5) is 0. The van der Waals surface area contributed by atoms with Crippen molar-refractivity contribution in [2.24, 2.45) is 0 Å². The molecule has 1 aliphatic heterocycles. The van der Waals surface area contributed by atoms with Gasteiger partial charge in [-0.1, -0.05) is 0 Å². The van der Waals surface area contributed by atoms with E-state index in [1.165, 1.54) is 50.8 Å². The predicted molar refractivity (Wildman–Crippen MR) is 145 cm³/mol. The Kier molecular flexibility index (Phi) is 5.68. The van der Waals surface area contributed by atoms with Gasteiger partial charge in [-0.3, -0.25) is 0 Å². The van der Waals surface area contributed by atoms with Crippen LogP contribution in [0.3, 0.4) is 0 Å². The van der Waals surface area contributed by atoms with Gasteiger partial charge >= 0.3 is 208 Å². The second kappa shape index (κ2) is 9.10. The number of allylic oxidation sites excluding steroid dienone is 2. The molecule has 6 rings (SSSR count). The van der Waals surface area contributed by atoms with E-state index in [1.807, 2.05) is 0 Å². The van der Waals surface area contributed by atoms with Crippen LogP contribution in [0.2, 0.25) is 0 Å². The molecule has 1 aliphatic rings. The normalized spacial score (nSPS) is 12.5. The summed E-state index contributed by atoms with van der Waals surface area (Å²) in [7, 11) is 0. The van der Waals surface area contributed by atoms with E-state index in [9.17, 15) is 0 Å². The van der Waals surface area contributed by atoms with Crippen LogP contribution in [0.1, 0.15) is 16.7 Å². The molecule has 0 amide bonds. The van der Waals surface area contributed by atoms with Gasteiger partial charge in [0.1, 0.15) is 0 Å². The molecular formula is C31H21Se2+. The van der Waals surface area contributed by atoms with E-state index in [2.05, 4.69) is 127 Å². The van der Waals surface area contributed by atoms with Gasteiger partial charge in [0.2, 0.25) is 0 Å². The third-order valence-electron chi connectivity index (χ3n) is 5.88. The summed E-state index contributed by atoms with van der Waals surface area (Å²) >= 11 is 0.678. The molecule has 0 aliphatic carbocycles. The maximum atomic E-state index is 2.39. The summed E-state index contributed by atoms with van der Waals surface area (Å²) < 4.78 is 5.82. The van der Waals surface area contributed by atoms with E-state index in [0.29, 0.717) is 29.5 Å². The molecule has 0 fully saturated rings. The number of rotatable bonds is 3. The first-order valence-electron chi connectivity index (χ1n) is 11.0. The average molecular weight is 551 g/mol. The summed E-state index contributed by atoms with van der Waals surface area (Å²) in [5.74, 6) is 0. The summed E-state index contributed by atoms with van der Waals surface area (Å²) in [6, 6.07) is 39.8. The van der Waals surface area contributed by atoms with Crippen LogP contribution in [0.25, 0.3) is 31.3 Å². The number of fused-ring (bicyclic) bond motifs is 3. The van der Waals surface area contributed by atoms with E-state index >= 15 is 0 Å². The second-order valence-electron chi connectivity index (χ2n) is 7.96. The minimum absolute atomic E-state index is 0.317. The van der Waals surface area contributed by atoms with Gasteiger partial charge in [0.15, 0.2) is 0 Å². The zero-order valence-corrected chi connectivity index (χ0v) is 21.4. The second-order valence-corrected chi connectivity index (χ2v) is 12.5. The van der Waals surface area contributed by atoms with Gasteiger partial charge in [0.05, 0.1) is 0 Å². The monoisotopic (exact) mass is 553 g/mol. The molecule has 33 heavy (non-hydrogen) atoms. The quantitative estimate of drug-likeness (QED) is 0.238. The molecule has 4 aromatic carbocycles. The Hall–Kier alpha value is -2.99. The van der Waals surface area contributed by atoms with Crippen LogP contribution < -0.4 is 8.92 Å². The molecule has 1 aromatic heterocycles. The van der Waals surface area contributed by atoms with Crippen LogP contribution in [0.15, 0.2) is 121 Å². The van der Waals surface area contributed by atoms with Crippen molar-refractivity contribution in [2.75, 3.05) is 0 Å². The zero-order valence-electron chi connectivity index (χ0n) is 17.9. The van der Waals surface area contributed by atoms with Crippen LogP contribution in [0, 0.1) is 0 Å². The molecule has 0 spiro atoms. The van der Waals surface area contributed by atoms with Crippen molar-refractivity contribution in [2.45, 2.75) is 0 Å². The van der Waals surface area contributed by atoms with Crippen LogP contribution in [0.5, 0.6) is 0 Å². The maximum absolute atomic E-state index is 2.39. The van der Waals surface area contributed by atoms with Crippen LogP contribution >= 0.6 is 0 Å². The van der Waals surface area contributed by atoms with E-state index in [1.54, 1.807) is 0 Å². The van der Waals surface area contributed by atoms with Crippen molar-refractivity contribution < 1.29 is 0 Å². The van der Waals surface area contributed by atoms with E-state index in [4.69, 9.17) is 0 Å². The Morgan fingerprint density at radius 1 is 0.636 bits per heavy atom. The van der Waals surface area contributed by atoms with Crippen molar-refractivity contribution in [3.63, 3.8) is 0 Å². The topological polar surface area (TPSA) is 0 Å². The Morgan fingerprint density at radius 3 is 2.03 bits per heavy atom. The van der Waals surface area contributed by atoms with Gasteiger partial charge in [0.25, 0.3) is 0 Å². The third-order valence-corrected chi connectivity index (χ3v) is 10.7. The van der Waals surface area contributed by atoms with Gasteiger partial charge in [0, 0.05) is 0 Å². The summed E-state index contributed by atoms with van der Waals surface area (Å²) in [6.07, 6.45) is 6.83. The van der Waals surface area contributed by atoms with Crippen molar-refractivity contribution in [3.05, 3.63) is 138 Å². The average Bonchev–Trinajstić information content (AvgIpc) is 2.88. The zero-order chi connectivity index (χ0) is 22.0. The molecule has 0 saturated heterocycles. The molecule has 156 valence electrons. The van der Waals surface area contributed by atoms with E-state index in [0.717, 1.165) is 0 Å². The van der Waals surface area contributed by atoms with Gasteiger partial charge in [-0.05, 0) is 0 Å². The number of hydrogen-bond donors (Lipinski definition) is 0. The first-order valence-corrected chi connectivity index (χ1v) is 14.5. The van der Waals surface area contributed by atoms with Crippen LogP contribution in [-0.2, 0) is 0 Å². The number of hydrogen-bond acceptors (Lipinski definition) is 0. The summed E-state index contributed by atoms with van der Waals surface area (Å²) in [5, 5.41) is 1.36. The van der Waals surface area contributed by atoms with Crippen LogP contribution in [0.4, 0.5) is 0 Å². The Balaban J connectivity index is 1.47. The standard InChI is InChI=1S/C31H21Se2/c1-2-11-22(12-3-1)31-21-23(24-14-4-7-18-28(24)33-31)13-10-17-25-26-15-5-8-19-29(26)32-30-20-9-6-16-27(25)30/h1-21H/q+1. The SMILES string of the molecule is C(/C=C/c1cc(-c2ccccc2)[se+]c2ccccc12)=C1c2ccccc2[Se]c2ccccc21. The van der Waals surface area contributed by atoms with Gasteiger partial charge in [-0.25, -0.2) is 0 Å². The van der Waals surface area contributed by atoms with Crippen LogP contribution in [-0.4, -0.2) is 29.5 Å². The number of benzene rings is 4. The molecule has 0 atom stereocenters. The molecule has 0 saturated carbocycles. The summed E-state index contributed by atoms with van der Waals surface area (Å²) in [5.41, 5.74) is 6.69. The van der Waals surface area contributed by atoms with Gasteiger partial charge in [-0.2, -0.15) is 0 Å². The minimum atomic E-state index is 0.317. The Morgan fingerprint density at radius 2 is 1.27 bits per heavy atom. The molecule has 2 heterocycles. The van der Waals surface area contributed by atoms with Crippen molar-refractivity contribution in [1.29, 1.82) is 0 Å². The van der Waals surface area contributed by atoms with Crippen molar-refractivity contribution in [3.8, 4) is 10.0 Å². The fourth-order valence-electron chi connectivity index (χ4n) is 4.29. The van der Waals surface area contributed by atoms with Crippen molar-refractivity contribution in [1.82, 2.24) is 0 Å². The first-order chi connectivity index (χ1) is 16.4. The molecule has 0 bridgehead atoms. The fourth-order valence-corrected chi connectivity index (χ4v) is 8.96. The first kappa shape index (κ1) is 20.6. The van der Waals surface area contributed by atoms with Gasteiger partial charge in [-0.15, -0.1) is 0 Å². The third kappa shape index (κ3) is 4.08. The molecule has 5 aromatic rings. The summed E-state index contributed by atoms with van der Waals surface area (Å²) in [6.45, 7) is 0. The molecule has 0 unspecified atom stereocenters. The van der Waals surface area contributed by atoms with Gasteiger partial charge < -0.3 is 0 Å². The fraction of sp³-hybridized carbons (Fsp3) is 0. The molecule has 0 radical (unpaired) electrons. The molecule has 0 nitrogen and oxygen atoms in total. The van der Waals surface area contributed by atoms with E-state index < -0.39 is 0 Å².